The first kappa shape index (κ1) is 31.1. The molecule has 1 spiro atoms. The molecular weight excluding hydrogens is 578 g/mol. The number of nitrogens with zero attached hydrogens (tertiary/aromatic N) is 3. The number of rotatable bonds is 8. The SMILES string of the molecule is CC1=NO[C@@]2(CC[C@H](C)N3C[C@H]2n2cc(C(=O)NCc4ccc(F)cc4F)c(=O)c(OC(=O)OCCCC(C)C)c2C3=O)C1.[HH]. The van der Waals surface area contributed by atoms with Crippen LogP contribution < -0.4 is 15.5 Å². The van der Waals surface area contributed by atoms with E-state index in [0.717, 1.165) is 18.2 Å². The molecule has 4 heterocycles. The van der Waals surface area contributed by atoms with Crippen LogP contribution in [0.1, 0.15) is 93.7 Å². The molecule has 0 saturated carbocycles. The average molecular weight is 617 g/mol. The maximum atomic E-state index is 14.2. The minimum Gasteiger partial charge on any atom is -0.434 e. The number of ether oxygens (including phenoxy) is 2. The van der Waals surface area contributed by atoms with Crippen LogP contribution in [0.2, 0.25) is 0 Å². The van der Waals surface area contributed by atoms with Crippen LogP contribution in [0, 0.1) is 17.6 Å². The molecule has 11 nitrogen and oxygen atoms in total. The van der Waals surface area contributed by atoms with Crippen molar-refractivity contribution in [3.63, 3.8) is 0 Å². The van der Waals surface area contributed by atoms with Crippen molar-refractivity contribution < 1.29 is 38.9 Å². The molecule has 13 heteroatoms. The summed E-state index contributed by atoms with van der Waals surface area (Å²) in [4.78, 5) is 61.5. The summed E-state index contributed by atoms with van der Waals surface area (Å²) in [7, 11) is 0. The summed E-state index contributed by atoms with van der Waals surface area (Å²) >= 11 is 0. The standard InChI is InChI=1S/C31H36F2N4O7.H2/c1-17(2)6-5-11-42-30(41)43-27-25-29(40)36-16-24(31(10-9-19(36)4)13-18(3)35-44-31)37(25)15-22(26(27)38)28(39)34-14-20-7-8-21(32)12-23(20)33;/h7-8,12,15,17,19,24H,5-6,9-11,13-14,16H2,1-4H3,(H,34,39);1H/t19-,24+,31-;/m0./s1. The summed E-state index contributed by atoms with van der Waals surface area (Å²) in [6, 6.07) is 2.10. The van der Waals surface area contributed by atoms with Gasteiger partial charge in [0.1, 0.15) is 17.2 Å². The first-order valence-corrected chi connectivity index (χ1v) is 14.8. The normalized spacial score (nSPS) is 22.3. The maximum Gasteiger partial charge on any atom is 0.514 e. The zero-order valence-electron chi connectivity index (χ0n) is 25.2. The van der Waals surface area contributed by atoms with Gasteiger partial charge in [0.05, 0.1) is 18.4 Å². The molecule has 1 saturated heterocycles. The van der Waals surface area contributed by atoms with E-state index < -0.39 is 58.0 Å². The lowest BCUT2D eigenvalue weighted by Crippen LogP contribution is -2.52. The van der Waals surface area contributed by atoms with Crippen molar-refractivity contribution in [1.82, 2.24) is 14.8 Å². The number of carbonyl (C=O) groups excluding carboxylic acids is 3. The van der Waals surface area contributed by atoms with Crippen molar-refractivity contribution in [2.24, 2.45) is 11.1 Å². The molecule has 44 heavy (non-hydrogen) atoms. The van der Waals surface area contributed by atoms with Gasteiger partial charge in [0, 0.05) is 44.8 Å². The molecule has 2 amide bonds. The van der Waals surface area contributed by atoms with E-state index in [1.54, 1.807) is 4.90 Å². The lowest BCUT2D eigenvalue weighted by atomic mass is 9.84. The number of aromatic nitrogens is 1. The van der Waals surface area contributed by atoms with Crippen molar-refractivity contribution in [3.05, 3.63) is 63.1 Å². The Hall–Kier alpha value is -4.29. The Balaban J connectivity index is 0.00000461. The Bertz CT molecular complexity index is 1580. The fourth-order valence-corrected chi connectivity index (χ4v) is 6.06. The van der Waals surface area contributed by atoms with Crippen molar-refractivity contribution in [1.29, 1.82) is 0 Å². The molecule has 2 bridgehead atoms. The number of nitrogens with one attached hydrogen (secondary N) is 1. The molecule has 2 aromatic rings. The van der Waals surface area contributed by atoms with Crippen LogP contribution in [-0.4, -0.2) is 57.9 Å². The van der Waals surface area contributed by atoms with E-state index in [-0.39, 0.29) is 38.4 Å². The zero-order chi connectivity index (χ0) is 31.8. The Labute approximate surface area is 254 Å². The number of hydrogen-bond donors (Lipinski definition) is 1. The third kappa shape index (κ3) is 6.04. The first-order valence-electron chi connectivity index (χ1n) is 14.8. The van der Waals surface area contributed by atoms with E-state index in [9.17, 15) is 28.0 Å². The number of amides is 2. The Morgan fingerprint density at radius 3 is 2.73 bits per heavy atom. The number of fused-ring (bicyclic) bond motifs is 5. The van der Waals surface area contributed by atoms with Gasteiger partial charge in [-0.3, -0.25) is 14.4 Å². The molecule has 0 radical (unpaired) electrons. The van der Waals surface area contributed by atoms with Crippen LogP contribution >= 0.6 is 0 Å². The molecule has 1 fully saturated rings. The van der Waals surface area contributed by atoms with Crippen LogP contribution in [0.4, 0.5) is 13.6 Å². The van der Waals surface area contributed by atoms with Gasteiger partial charge in [-0.05, 0) is 51.5 Å². The second-order valence-corrected chi connectivity index (χ2v) is 12.1. The average Bonchev–Trinajstić information content (AvgIpc) is 3.30. The molecule has 1 aromatic carbocycles. The van der Waals surface area contributed by atoms with Crippen molar-refractivity contribution >= 4 is 23.7 Å². The highest BCUT2D eigenvalue weighted by Crippen LogP contribution is 2.46. The second-order valence-electron chi connectivity index (χ2n) is 12.1. The van der Waals surface area contributed by atoms with Crippen molar-refractivity contribution in [2.75, 3.05) is 13.2 Å². The van der Waals surface area contributed by atoms with E-state index in [0.29, 0.717) is 37.7 Å². The highest BCUT2D eigenvalue weighted by molar-refractivity contribution is 6.00. The van der Waals surface area contributed by atoms with Gasteiger partial charge in [-0.2, -0.15) is 0 Å². The minimum absolute atomic E-state index is 0. The summed E-state index contributed by atoms with van der Waals surface area (Å²) in [5.74, 6) is -3.34. The molecule has 5 rings (SSSR count). The first-order chi connectivity index (χ1) is 20.9. The van der Waals surface area contributed by atoms with E-state index in [1.165, 1.54) is 16.8 Å². The molecule has 0 unspecified atom stereocenters. The highest BCUT2D eigenvalue weighted by atomic mass is 19.1. The number of pyridine rings is 1. The third-order valence-electron chi connectivity index (χ3n) is 8.45. The summed E-state index contributed by atoms with van der Waals surface area (Å²) < 4.78 is 39.7. The predicted octanol–water partition coefficient (Wildman–Crippen LogP) is 4.97. The van der Waals surface area contributed by atoms with E-state index >= 15 is 0 Å². The quantitative estimate of drug-likeness (QED) is 0.328. The Morgan fingerprint density at radius 1 is 1.27 bits per heavy atom. The van der Waals surface area contributed by atoms with Gasteiger partial charge in [0.15, 0.2) is 11.3 Å². The van der Waals surface area contributed by atoms with Crippen molar-refractivity contribution in [2.45, 2.75) is 84.0 Å². The highest BCUT2D eigenvalue weighted by Gasteiger charge is 2.54. The molecule has 1 N–H and O–H groups in total. The lowest BCUT2D eigenvalue weighted by molar-refractivity contribution is -0.0655. The van der Waals surface area contributed by atoms with Crippen LogP contribution in [0.3, 0.4) is 0 Å². The lowest BCUT2D eigenvalue weighted by Gasteiger charge is -2.42. The smallest absolute Gasteiger partial charge is 0.434 e. The largest absolute Gasteiger partial charge is 0.514 e. The summed E-state index contributed by atoms with van der Waals surface area (Å²) in [5.41, 5.74) is -1.78. The molecule has 0 aliphatic carbocycles. The van der Waals surface area contributed by atoms with E-state index in [4.69, 9.17) is 14.3 Å². The molecular formula is C31H38F2N4O7. The van der Waals surface area contributed by atoms with Gasteiger partial charge in [-0.1, -0.05) is 25.1 Å². The molecule has 238 valence electrons. The molecule has 3 aliphatic rings. The Kier molecular flexibility index (Phi) is 8.76. The summed E-state index contributed by atoms with van der Waals surface area (Å²) in [6.07, 6.45) is 3.02. The number of halogens is 2. The van der Waals surface area contributed by atoms with Gasteiger partial charge in [0.25, 0.3) is 11.8 Å². The topological polar surface area (TPSA) is 129 Å². The second kappa shape index (κ2) is 12.4. The zero-order valence-corrected chi connectivity index (χ0v) is 25.2. The predicted molar refractivity (Wildman–Crippen MR) is 157 cm³/mol. The number of carbonyl (C=O) groups is 3. The molecule has 1 aromatic heterocycles. The number of oxime groups is 1. The van der Waals surface area contributed by atoms with E-state index in [1.807, 2.05) is 27.7 Å². The van der Waals surface area contributed by atoms with Gasteiger partial charge >= 0.3 is 6.16 Å². The van der Waals surface area contributed by atoms with Crippen LogP contribution in [0.15, 0.2) is 34.3 Å². The number of hydrogen-bond acceptors (Lipinski definition) is 8. The van der Waals surface area contributed by atoms with Crippen LogP contribution in [0.5, 0.6) is 5.75 Å². The molecule has 3 atom stereocenters. The Morgan fingerprint density at radius 2 is 2.05 bits per heavy atom. The monoisotopic (exact) mass is 616 g/mol. The van der Waals surface area contributed by atoms with Gasteiger partial charge in [0.2, 0.25) is 11.2 Å². The maximum absolute atomic E-state index is 14.2. The summed E-state index contributed by atoms with van der Waals surface area (Å²) in [5, 5.41) is 6.66. The van der Waals surface area contributed by atoms with Gasteiger partial charge in [-0.15, -0.1) is 0 Å². The van der Waals surface area contributed by atoms with Crippen LogP contribution in [-0.2, 0) is 16.1 Å². The fraction of sp³-hybridized carbons (Fsp3) is 0.516. The van der Waals surface area contributed by atoms with E-state index in [2.05, 4.69) is 10.5 Å². The molecule has 3 aliphatic heterocycles. The van der Waals surface area contributed by atoms with Gasteiger partial charge in [-0.25, -0.2) is 13.6 Å². The summed E-state index contributed by atoms with van der Waals surface area (Å²) in [6.45, 7) is 7.68. The fourth-order valence-electron chi connectivity index (χ4n) is 6.06. The van der Waals surface area contributed by atoms with Gasteiger partial charge < -0.3 is 29.1 Å². The van der Waals surface area contributed by atoms with Crippen LogP contribution in [0.25, 0.3) is 0 Å². The number of benzene rings is 1. The van der Waals surface area contributed by atoms with Crippen molar-refractivity contribution in [3.8, 4) is 5.75 Å². The third-order valence-corrected chi connectivity index (χ3v) is 8.45. The minimum atomic E-state index is -1.19.